The van der Waals surface area contributed by atoms with Gasteiger partial charge in [0.2, 0.25) is 0 Å². The van der Waals surface area contributed by atoms with Crippen LogP contribution in [0.2, 0.25) is 0 Å². The number of carbonyl (C=O) groups is 1. The van der Waals surface area contributed by atoms with Crippen LogP contribution >= 0.6 is 0 Å². The third kappa shape index (κ3) is 2.22. The van der Waals surface area contributed by atoms with Gasteiger partial charge in [0.05, 0.1) is 0 Å². The van der Waals surface area contributed by atoms with Crippen molar-refractivity contribution in [2.45, 2.75) is 39.5 Å². The molecule has 0 saturated heterocycles. The summed E-state index contributed by atoms with van der Waals surface area (Å²) in [5, 5.41) is 0. The van der Waals surface area contributed by atoms with Crippen LogP contribution < -0.4 is 0 Å². The molecule has 0 atom stereocenters. The first-order chi connectivity index (χ1) is 6.70. The minimum atomic E-state index is 0.174. The Hall–Kier alpha value is -1.11. The Labute approximate surface area is 86.1 Å². The maximum atomic E-state index is 11.4. The minimum absolute atomic E-state index is 0.174. The van der Waals surface area contributed by atoms with Crippen LogP contribution in [0.1, 0.15) is 55.5 Å². The molecule has 1 aromatic carbocycles. The van der Waals surface area contributed by atoms with Gasteiger partial charge >= 0.3 is 0 Å². The summed E-state index contributed by atoms with van der Waals surface area (Å²) in [4.78, 5) is 11.4. The molecule has 0 aromatic heterocycles. The maximum absolute atomic E-state index is 11.4. The predicted molar refractivity (Wildman–Crippen MR) is 59.8 cm³/mol. The first kappa shape index (κ1) is 11.0. The van der Waals surface area contributed by atoms with Gasteiger partial charge in [-0.15, -0.1) is 0 Å². The van der Waals surface area contributed by atoms with Gasteiger partial charge in [0.25, 0.3) is 0 Å². The number of ketones is 1. The lowest BCUT2D eigenvalue weighted by Gasteiger charge is -2.15. The van der Waals surface area contributed by atoms with E-state index in [0.717, 1.165) is 18.4 Å². The Bertz CT molecular complexity index is 311. The van der Waals surface area contributed by atoms with E-state index in [1.165, 1.54) is 5.56 Å². The molecule has 0 saturated carbocycles. The van der Waals surface area contributed by atoms with Crippen LogP contribution in [0.25, 0.3) is 0 Å². The molecule has 0 heterocycles. The van der Waals surface area contributed by atoms with Crippen LogP contribution in [0.15, 0.2) is 24.3 Å². The summed E-state index contributed by atoms with van der Waals surface area (Å²) >= 11 is 0. The lowest BCUT2D eigenvalue weighted by molar-refractivity contribution is 0.101. The van der Waals surface area contributed by atoms with Gasteiger partial charge in [-0.25, -0.2) is 0 Å². The van der Waals surface area contributed by atoms with Gasteiger partial charge in [0, 0.05) is 5.56 Å². The van der Waals surface area contributed by atoms with E-state index >= 15 is 0 Å². The highest BCUT2D eigenvalue weighted by Gasteiger charge is 2.13. The Morgan fingerprint density at radius 2 is 1.79 bits per heavy atom. The molecule has 14 heavy (non-hydrogen) atoms. The van der Waals surface area contributed by atoms with Crippen molar-refractivity contribution in [3.05, 3.63) is 35.4 Å². The second kappa shape index (κ2) is 4.94. The van der Waals surface area contributed by atoms with Crippen molar-refractivity contribution in [1.29, 1.82) is 0 Å². The van der Waals surface area contributed by atoms with Crippen molar-refractivity contribution in [3.63, 3.8) is 0 Å². The molecule has 0 spiro atoms. The monoisotopic (exact) mass is 190 g/mol. The highest BCUT2D eigenvalue weighted by atomic mass is 16.1. The van der Waals surface area contributed by atoms with Crippen LogP contribution in [0, 0.1) is 0 Å². The van der Waals surface area contributed by atoms with Crippen LogP contribution in [0.5, 0.6) is 0 Å². The zero-order chi connectivity index (χ0) is 10.6. The average molecular weight is 190 g/mol. The molecular weight excluding hydrogens is 172 g/mol. The molecule has 0 amide bonds. The molecule has 0 unspecified atom stereocenters. The van der Waals surface area contributed by atoms with E-state index in [2.05, 4.69) is 19.9 Å². The summed E-state index contributed by atoms with van der Waals surface area (Å²) in [6, 6.07) is 7.95. The third-order valence-electron chi connectivity index (χ3n) is 2.77. The second-order valence-corrected chi connectivity index (χ2v) is 3.66. The summed E-state index contributed by atoms with van der Waals surface area (Å²) in [5.41, 5.74) is 2.10. The number of rotatable bonds is 4. The Kier molecular flexibility index (Phi) is 3.87. The molecule has 0 aliphatic heterocycles. The van der Waals surface area contributed by atoms with Crippen molar-refractivity contribution in [1.82, 2.24) is 0 Å². The van der Waals surface area contributed by atoms with Gasteiger partial charge in [-0.3, -0.25) is 4.79 Å². The highest BCUT2D eigenvalue weighted by Crippen LogP contribution is 2.26. The molecule has 0 aliphatic rings. The van der Waals surface area contributed by atoms with Gasteiger partial charge in [0.1, 0.15) is 0 Å². The van der Waals surface area contributed by atoms with E-state index in [9.17, 15) is 4.79 Å². The number of hydrogen-bond donors (Lipinski definition) is 0. The van der Waals surface area contributed by atoms with Gasteiger partial charge in [-0.05, 0) is 31.2 Å². The fourth-order valence-electron chi connectivity index (χ4n) is 1.90. The largest absolute Gasteiger partial charge is 0.295 e. The molecular formula is C13H18O. The van der Waals surface area contributed by atoms with Crippen molar-refractivity contribution in [2.24, 2.45) is 0 Å². The zero-order valence-electron chi connectivity index (χ0n) is 9.21. The van der Waals surface area contributed by atoms with Gasteiger partial charge in [-0.2, -0.15) is 0 Å². The third-order valence-corrected chi connectivity index (χ3v) is 2.77. The molecule has 1 heteroatoms. The molecule has 0 fully saturated rings. The Morgan fingerprint density at radius 1 is 1.21 bits per heavy atom. The second-order valence-electron chi connectivity index (χ2n) is 3.66. The molecule has 1 nitrogen and oxygen atoms in total. The van der Waals surface area contributed by atoms with Crippen LogP contribution in [0.4, 0.5) is 0 Å². The SMILES string of the molecule is CCC(CC)c1ccccc1C(C)=O. The minimum Gasteiger partial charge on any atom is -0.295 e. The Morgan fingerprint density at radius 3 is 2.29 bits per heavy atom. The van der Waals surface area contributed by atoms with Crippen LogP contribution in [0.3, 0.4) is 0 Å². The van der Waals surface area contributed by atoms with Crippen molar-refractivity contribution < 1.29 is 4.79 Å². The van der Waals surface area contributed by atoms with Crippen LogP contribution in [-0.2, 0) is 0 Å². The van der Waals surface area contributed by atoms with E-state index in [0.29, 0.717) is 5.92 Å². The van der Waals surface area contributed by atoms with Crippen molar-refractivity contribution in [2.75, 3.05) is 0 Å². The van der Waals surface area contributed by atoms with E-state index in [1.807, 2.05) is 18.2 Å². The highest BCUT2D eigenvalue weighted by molar-refractivity contribution is 5.95. The van der Waals surface area contributed by atoms with Gasteiger partial charge in [0.15, 0.2) is 5.78 Å². The van der Waals surface area contributed by atoms with Gasteiger partial charge < -0.3 is 0 Å². The van der Waals surface area contributed by atoms with Crippen molar-refractivity contribution in [3.8, 4) is 0 Å². The molecule has 0 bridgehead atoms. The van der Waals surface area contributed by atoms with Crippen molar-refractivity contribution >= 4 is 5.78 Å². The van der Waals surface area contributed by atoms with Gasteiger partial charge in [-0.1, -0.05) is 38.1 Å². The summed E-state index contributed by atoms with van der Waals surface area (Å²) < 4.78 is 0. The normalized spacial score (nSPS) is 10.6. The zero-order valence-corrected chi connectivity index (χ0v) is 9.21. The van der Waals surface area contributed by atoms with E-state index in [1.54, 1.807) is 6.92 Å². The lowest BCUT2D eigenvalue weighted by Crippen LogP contribution is -2.04. The maximum Gasteiger partial charge on any atom is 0.160 e. The molecule has 1 rings (SSSR count). The molecule has 1 aromatic rings. The smallest absolute Gasteiger partial charge is 0.160 e. The Balaban J connectivity index is 3.11. The number of hydrogen-bond acceptors (Lipinski definition) is 1. The van der Waals surface area contributed by atoms with E-state index in [4.69, 9.17) is 0 Å². The number of Topliss-reactive ketones (excluding diaryl/α,β-unsaturated/α-hetero) is 1. The molecule has 0 radical (unpaired) electrons. The summed E-state index contributed by atoms with van der Waals surface area (Å²) in [5.74, 6) is 0.697. The summed E-state index contributed by atoms with van der Waals surface area (Å²) in [7, 11) is 0. The first-order valence-corrected chi connectivity index (χ1v) is 5.30. The van der Waals surface area contributed by atoms with Crippen LogP contribution in [-0.4, -0.2) is 5.78 Å². The number of carbonyl (C=O) groups excluding carboxylic acids is 1. The fourth-order valence-corrected chi connectivity index (χ4v) is 1.90. The standard InChI is InChI=1S/C13H18O/c1-4-11(5-2)13-9-7-6-8-12(13)10(3)14/h6-9,11H,4-5H2,1-3H3. The lowest BCUT2D eigenvalue weighted by atomic mass is 9.89. The topological polar surface area (TPSA) is 17.1 Å². The summed E-state index contributed by atoms with van der Waals surface area (Å²) in [6.07, 6.45) is 2.20. The summed E-state index contributed by atoms with van der Waals surface area (Å²) in [6.45, 7) is 5.98. The number of benzene rings is 1. The fraction of sp³-hybridized carbons (Fsp3) is 0.462. The quantitative estimate of drug-likeness (QED) is 0.660. The molecule has 76 valence electrons. The first-order valence-electron chi connectivity index (χ1n) is 5.30. The molecule has 0 aliphatic carbocycles. The predicted octanol–water partition coefficient (Wildman–Crippen LogP) is 3.79. The molecule has 0 N–H and O–H groups in total. The van der Waals surface area contributed by atoms with E-state index in [-0.39, 0.29) is 5.78 Å². The van der Waals surface area contributed by atoms with E-state index < -0.39 is 0 Å². The average Bonchev–Trinajstić information content (AvgIpc) is 2.20.